The van der Waals surface area contributed by atoms with Gasteiger partial charge in [0.2, 0.25) is 0 Å². The summed E-state index contributed by atoms with van der Waals surface area (Å²) in [6, 6.07) is 7.48. The molecule has 1 saturated carbocycles. The summed E-state index contributed by atoms with van der Waals surface area (Å²) in [4.78, 5) is 29.1. The second-order valence-corrected chi connectivity index (χ2v) is 9.44. The van der Waals surface area contributed by atoms with E-state index < -0.39 is 17.7 Å². The van der Waals surface area contributed by atoms with Crippen LogP contribution in [0.15, 0.2) is 49.3 Å². The molecule has 0 bridgehead atoms. The summed E-state index contributed by atoms with van der Waals surface area (Å²) in [5, 5.41) is 25.7. The average molecular weight is 489 g/mol. The first-order valence-electron chi connectivity index (χ1n) is 11.5. The number of nitriles is 1. The Labute approximate surface area is 206 Å². The van der Waals surface area contributed by atoms with Crippen LogP contribution in [0.3, 0.4) is 0 Å². The van der Waals surface area contributed by atoms with Crippen molar-refractivity contribution in [1.29, 1.82) is 5.26 Å². The molecule has 0 radical (unpaired) electrons. The fourth-order valence-electron chi connectivity index (χ4n) is 4.03. The van der Waals surface area contributed by atoms with E-state index in [1.165, 1.54) is 26.2 Å². The van der Waals surface area contributed by atoms with E-state index in [9.17, 15) is 14.3 Å². The van der Waals surface area contributed by atoms with Gasteiger partial charge >= 0.3 is 0 Å². The Morgan fingerprint density at radius 3 is 2.92 bits per heavy atom. The number of hydrogen-bond donors (Lipinski definition) is 4. The van der Waals surface area contributed by atoms with Crippen LogP contribution < -0.4 is 10.6 Å². The lowest BCUT2D eigenvalue weighted by atomic mass is 10.0. The molecule has 0 aliphatic heterocycles. The monoisotopic (exact) mass is 488 g/mol. The summed E-state index contributed by atoms with van der Waals surface area (Å²) in [6.45, 7) is 2.37. The number of aromatic nitrogens is 5. The number of aliphatic hydroxyl groups is 1. The zero-order valence-corrected chi connectivity index (χ0v) is 19.7. The largest absolute Gasteiger partial charge is 0.387 e. The number of fused-ring (bicyclic) bond motifs is 1. The number of carbonyl (C=O) groups is 1. The number of nitrogens with one attached hydrogen (secondary N) is 3. The average Bonchev–Trinajstić information content (AvgIpc) is 3.24. The van der Waals surface area contributed by atoms with Gasteiger partial charge in [-0.15, -0.1) is 0 Å². The van der Waals surface area contributed by atoms with Gasteiger partial charge in [-0.05, 0) is 32.4 Å². The first-order chi connectivity index (χ1) is 17.2. The molecule has 36 heavy (non-hydrogen) atoms. The molecule has 1 aliphatic rings. The van der Waals surface area contributed by atoms with Crippen molar-refractivity contribution in [2.24, 2.45) is 0 Å². The quantitative estimate of drug-likeness (QED) is 0.298. The van der Waals surface area contributed by atoms with Crippen LogP contribution in [0.1, 0.15) is 47.8 Å². The third-order valence-corrected chi connectivity index (χ3v) is 6.28. The molecule has 10 nitrogen and oxygen atoms in total. The molecule has 0 saturated heterocycles. The van der Waals surface area contributed by atoms with Gasteiger partial charge in [-0.25, -0.2) is 19.3 Å². The number of alkyl halides is 1. The summed E-state index contributed by atoms with van der Waals surface area (Å²) in [5.41, 5.74) is 1.23. The number of imidazole rings is 1. The van der Waals surface area contributed by atoms with Crippen molar-refractivity contribution < 1.29 is 14.3 Å². The van der Waals surface area contributed by atoms with Crippen LogP contribution in [-0.4, -0.2) is 59.9 Å². The van der Waals surface area contributed by atoms with E-state index in [1.807, 2.05) is 12.3 Å². The van der Waals surface area contributed by atoms with Crippen LogP contribution in [-0.2, 0) is 0 Å². The molecule has 3 unspecified atom stereocenters. The van der Waals surface area contributed by atoms with Crippen LogP contribution >= 0.6 is 0 Å². The lowest BCUT2D eigenvalue weighted by molar-refractivity contribution is -0.00177. The normalized spacial score (nSPS) is 18.0. The van der Waals surface area contributed by atoms with Gasteiger partial charge in [0.15, 0.2) is 0 Å². The van der Waals surface area contributed by atoms with Crippen molar-refractivity contribution in [2.75, 3.05) is 11.9 Å². The lowest BCUT2D eigenvalue weighted by Crippen LogP contribution is -2.42. The predicted molar refractivity (Wildman–Crippen MR) is 130 cm³/mol. The minimum atomic E-state index is -1.63. The first-order valence-corrected chi connectivity index (χ1v) is 11.5. The van der Waals surface area contributed by atoms with E-state index in [0.29, 0.717) is 22.7 Å². The van der Waals surface area contributed by atoms with Crippen LogP contribution in [0.4, 0.5) is 10.1 Å². The standard InChI is InChI=1S/C25H25FN8O2/c1-25(2,36)21(26)12-31-24(35)17-10-29-22(34-4-3-15-5-14(8-27)9-30-23(15)34)7-19(17)33-18-6-16(18)20-11-28-13-32-20/h3-5,7,9-11,13,16,18,21,36H,6,12H2,1-2H3,(H,28,32)(H,29,33)(H,31,35). The van der Waals surface area contributed by atoms with Crippen LogP contribution in [0.2, 0.25) is 0 Å². The number of hydrogen-bond acceptors (Lipinski definition) is 7. The number of amides is 1. The molecule has 3 atom stereocenters. The zero-order valence-electron chi connectivity index (χ0n) is 19.7. The van der Waals surface area contributed by atoms with Gasteiger partial charge in [0.25, 0.3) is 5.91 Å². The van der Waals surface area contributed by atoms with Crippen molar-refractivity contribution in [2.45, 2.75) is 44.0 Å². The first kappa shape index (κ1) is 23.4. The van der Waals surface area contributed by atoms with Crippen molar-refractivity contribution >= 4 is 22.6 Å². The summed E-state index contributed by atoms with van der Waals surface area (Å²) < 4.78 is 16.0. The molecular formula is C25H25FN8O2. The number of aromatic amines is 1. The van der Waals surface area contributed by atoms with Gasteiger partial charge in [-0.1, -0.05) is 0 Å². The minimum Gasteiger partial charge on any atom is -0.387 e. The molecule has 1 amide bonds. The number of halogens is 1. The predicted octanol–water partition coefficient (Wildman–Crippen LogP) is 2.82. The Morgan fingerprint density at radius 2 is 2.19 bits per heavy atom. The Kier molecular flexibility index (Phi) is 5.89. The highest BCUT2D eigenvalue weighted by molar-refractivity contribution is 5.99. The molecule has 4 aromatic rings. The lowest BCUT2D eigenvalue weighted by Gasteiger charge is -2.22. The summed E-state index contributed by atoms with van der Waals surface area (Å²) in [5.74, 6) is 0.223. The number of pyridine rings is 2. The second-order valence-electron chi connectivity index (χ2n) is 9.44. The Morgan fingerprint density at radius 1 is 1.36 bits per heavy atom. The molecule has 4 N–H and O–H groups in total. The second kappa shape index (κ2) is 9.05. The molecule has 0 aromatic carbocycles. The van der Waals surface area contributed by atoms with Gasteiger partial charge < -0.3 is 20.7 Å². The molecule has 184 valence electrons. The smallest absolute Gasteiger partial charge is 0.255 e. The fourth-order valence-corrected chi connectivity index (χ4v) is 4.03. The van der Waals surface area contributed by atoms with Gasteiger partial charge in [0, 0.05) is 48.2 Å². The number of carbonyl (C=O) groups excluding carboxylic acids is 1. The third-order valence-electron chi connectivity index (χ3n) is 6.28. The Hall–Kier alpha value is -4.30. The molecular weight excluding hydrogens is 463 g/mol. The third kappa shape index (κ3) is 4.63. The van der Waals surface area contributed by atoms with E-state index in [2.05, 4.69) is 36.6 Å². The van der Waals surface area contributed by atoms with E-state index in [1.54, 1.807) is 29.2 Å². The molecule has 0 spiro atoms. The fraction of sp³-hybridized carbons (Fsp3) is 0.320. The zero-order chi connectivity index (χ0) is 25.4. The van der Waals surface area contributed by atoms with Crippen molar-refractivity contribution in [3.05, 3.63) is 66.1 Å². The number of nitrogens with zero attached hydrogens (tertiary/aromatic N) is 5. The number of rotatable bonds is 8. The maximum absolute atomic E-state index is 14.2. The summed E-state index contributed by atoms with van der Waals surface area (Å²) >= 11 is 0. The summed E-state index contributed by atoms with van der Waals surface area (Å²) in [6.07, 6.45) is 7.42. The topological polar surface area (TPSA) is 145 Å². The van der Waals surface area contributed by atoms with Crippen LogP contribution in [0.5, 0.6) is 0 Å². The molecule has 1 aliphatic carbocycles. The van der Waals surface area contributed by atoms with Gasteiger partial charge in [0.1, 0.15) is 23.7 Å². The van der Waals surface area contributed by atoms with E-state index in [0.717, 1.165) is 17.5 Å². The number of anilines is 1. The maximum Gasteiger partial charge on any atom is 0.255 e. The highest BCUT2D eigenvalue weighted by Crippen LogP contribution is 2.42. The van der Waals surface area contributed by atoms with E-state index in [-0.39, 0.29) is 24.1 Å². The molecule has 4 aromatic heterocycles. The van der Waals surface area contributed by atoms with Gasteiger partial charge in [-0.2, -0.15) is 5.26 Å². The SMILES string of the molecule is CC(C)(O)C(F)CNC(=O)c1cnc(-n2ccc3cc(C#N)cnc32)cc1NC1CC1c1c[nH]cn1. The van der Waals surface area contributed by atoms with Crippen LogP contribution in [0.25, 0.3) is 16.9 Å². The molecule has 4 heterocycles. The van der Waals surface area contributed by atoms with Gasteiger partial charge in [-0.3, -0.25) is 9.36 Å². The van der Waals surface area contributed by atoms with Crippen LogP contribution in [0, 0.1) is 11.3 Å². The minimum absolute atomic E-state index is 0.0677. The summed E-state index contributed by atoms with van der Waals surface area (Å²) in [7, 11) is 0. The van der Waals surface area contributed by atoms with E-state index >= 15 is 0 Å². The highest BCUT2D eigenvalue weighted by Gasteiger charge is 2.40. The van der Waals surface area contributed by atoms with Gasteiger partial charge in [0.05, 0.1) is 41.0 Å². The highest BCUT2D eigenvalue weighted by atomic mass is 19.1. The van der Waals surface area contributed by atoms with Crippen molar-refractivity contribution in [1.82, 2.24) is 29.8 Å². The van der Waals surface area contributed by atoms with E-state index in [4.69, 9.17) is 5.26 Å². The Bertz CT molecular complexity index is 1450. The molecule has 1 fully saturated rings. The molecule has 11 heteroatoms. The van der Waals surface area contributed by atoms with Crippen molar-refractivity contribution in [3.8, 4) is 11.9 Å². The molecule has 5 rings (SSSR count). The Balaban J connectivity index is 1.45. The van der Waals surface area contributed by atoms with Crippen molar-refractivity contribution in [3.63, 3.8) is 0 Å². The number of H-pyrrole nitrogens is 1. The maximum atomic E-state index is 14.2.